The van der Waals surface area contributed by atoms with Crippen LogP contribution in [-0.4, -0.2) is 34.6 Å². The molecule has 7 heteroatoms. The molecule has 0 aromatic heterocycles. The van der Waals surface area contributed by atoms with E-state index in [9.17, 15) is 9.59 Å². The number of nitrogens with zero attached hydrogens (tertiary/aromatic N) is 1. The number of carbonyl (C=O) groups excluding carboxylic acids is 2. The van der Waals surface area contributed by atoms with E-state index in [0.717, 1.165) is 36.8 Å². The smallest absolute Gasteiger partial charge is 0.242 e. The summed E-state index contributed by atoms with van der Waals surface area (Å²) in [5, 5.41) is 4.42. The first-order valence-corrected chi connectivity index (χ1v) is 12.5. The fourth-order valence-electron chi connectivity index (χ4n) is 3.77. The van der Waals surface area contributed by atoms with Gasteiger partial charge in [0.1, 0.15) is 6.04 Å². The summed E-state index contributed by atoms with van der Waals surface area (Å²) in [5.74, 6) is 0.803. The van der Waals surface area contributed by atoms with Crippen LogP contribution in [0.3, 0.4) is 0 Å². The lowest BCUT2D eigenvalue weighted by molar-refractivity contribution is -0.138. The highest BCUT2D eigenvalue weighted by molar-refractivity contribution is 7.99. The summed E-state index contributed by atoms with van der Waals surface area (Å²) in [5.41, 5.74) is 1.97. The highest BCUT2D eigenvalue weighted by Gasteiger charge is 2.28. The first kappa shape index (κ1) is 24.0. The molecule has 0 saturated heterocycles. The fraction of sp³-hybridized carbons (Fsp3) is 0.417. The van der Waals surface area contributed by atoms with E-state index in [0.29, 0.717) is 22.3 Å². The van der Waals surface area contributed by atoms with Crippen LogP contribution < -0.4 is 5.32 Å². The van der Waals surface area contributed by atoms with E-state index in [1.54, 1.807) is 17.9 Å². The van der Waals surface area contributed by atoms with E-state index < -0.39 is 6.04 Å². The number of nitrogens with one attached hydrogen (secondary N) is 1. The lowest BCUT2D eigenvalue weighted by Crippen LogP contribution is -2.50. The third-order valence-electron chi connectivity index (χ3n) is 5.49. The van der Waals surface area contributed by atoms with Gasteiger partial charge in [0.15, 0.2) is 0 Å². The lowest BCUT2D eigenvalue weighted by Gasteiger charge is -2.29. The van der Waals surface area contributed by atoms with Gasteiger partial charge in [-0.3, -0.25) is 9.59 Å². The first-order valence-electron chi connectivity index (χ1n) is 10.6. The summed E-state index contributed by atoms with van der Waals surface area (Å²) in [6.45, 7) is 2.14. The van der Waals surface area contributed by atoms with Crippen LogP contribution in [0, 0.1) is 0 Å². The van der Waals surface area contributed by atoms with Crippen molar-refractivity contribution >= 4 is 46.8 Å². The van der Waals surface area contributed by atoms with Crippen molar-refractivity contribution in [3.05, 3.63) is 69.7 Å². The minimum atomic E-state index is -0.557. The van der Waals surface area contributed by atoms with Crippen LogP contribution in [0.4, 0.5) is 0 Å². The zero-order chi connectivity index (χ0) is 22.2. The summed E-state index contributed by atoms with van der Waals surface area (Å²) in [4.78, 5) is 27.7. The molecule has 166 valence electrons. The molecule has 31 heavy (non-hydrogen) atoms. The van der Waals surface area contributed by atoms with Crippen molar-refractivity contribution in [2.75, 3.05) is 5.75 Å². The zero-order valence-corrected chi connectivity index (χ0v) is 20.0. The number of rotatable bonds is 9. The van der Waals surface area contributed by atoms with Crippen molar-refractivity contribution in [2.45, 2.75) is 57.0 Å². The van der Waals surface area contributed by atoms with E-state index in [-0.39, 0.29) is 23.6 Å². The number of halogens is 2. The zero-order valence-electron chi connectivity index (χ0n) is 17.7. The van der Waals surface area contributed by atoms with Crippen molar-refractivity contribution < 1.29 is 9.59 Å². The average molecular weight is 479 g/mol. The second-order valence-electron chi connectivity index (χ2n) is 7.94. The topological polar surface area (TPSA) is 49.4 Å². The molecule has 4 nitrogen and oxygen atoms in total. The normalized spacial score (nSPS) is 14.9. The van der Waals surface area contributed by atoms with Gasteiger partial charge in [-0.05, 0) is 55.2 Å². The molecule has 1 N–H and O–H groups in total. The van der Waals surface area contributed by atoms with Crippen LogP contribution in [0.25, 0.3) is 0 Å². The van der Waals surface area contributed by atoms with Crippen molar-refractivity contribution in [3.8, 4) is 0 Å². The summed E-state index contributed by atoms with van der Waals surface area (Å²) in [6.07, 6.45) is 4.31. The molecule has 1 aliphatic carbocycles. The summed E-state index contributed by atoms with van der Waals surface area (Å²) < 4.78 is 0. The van der Waals surface area contributed by atoms with Gasteiger partial charge in [0, 0.05) is 28.4 Å². The molecule has 1 saturated carbocycles. The van der Waals surface area contributed by atoms with Crippen molar-refractivity contribution in [2.24, 2.45) is 0 Å². The number of thioether (sulfide) groups is 1. The number of hydrogen-bond acceptors (Lipinski definition) is 3. The van der Waals surface area contributed by atoms with E-state index in [4.69, 9.17) is 23.2 Å². The first-order chi connectivity index (χ1) is 14.9. The molecular formula is C24H28Cl2N2O2S. The van der Waals surface area contributed by atoms with Gasteiger partial charge in [-0.25, -0.2) is 0 Å². The van der Waals surface area contributed by atoms with Gasteiger partial charge < -0.3 is 10.2 Å². The Kier molecular flexibility index (Phi) is 9.12. The van der Waals surface area contributed by atoms with Crippen LogP contribution in [0.2, 0.25) is 10.0 Å². The minimum absolute atomic E-state index is 0.0684. The SMILES string of the molecule is CC(C(=O)NC1CCCC1)N(Cc1cccc(Cl)c1)C(=O)CSCc1cccc(Cl)c1. The van der Waals surface area contributed by atoms with Gasteiger partial charge in [-0.2, -0.15) is 0 Å². The van der Waals surface area contributed by atoms with Crippen LogP contribution >= 0.6 is 35.0 Å². The van der Waals surface area contributed by atoms with Gasteiger partial charge in [0.2, 0.25) is 11.8 Å². The highest BCUT2D eigenvalue weighted by atomic mass is 35.5. The van der Waals surface area contributed by atoms with Crippen molar-refractivity contribution in [1.29, 1.82) is 0 Å². The third kappa shape index (κ3) is 7.44. The third-order valence-corrected chi connectivity index (χ3v) is 6.95. The quantitative estimate of drug-likeness (QED) is 0.502. The molecular weight excluding hydrogens is 451 g/mol. The summed E-state index contributed by atoms with van der Waals surface area (Å²) >= 11 is 13.7. The number of benzene rings is 2. The number of carbonyl (C=O) groups is 2. The van der Waals surface area contributed by atoms with Gasteiger partial charge in [0.05, 0.1) is 5.75 Å². The predicted molar refractivity (Wildman–Crippen MR) is 129 cm³/mol. The molecule has 3 rings (SSSR count). The Balaban J connectivity index is 1.65. The average Bonchev–Trinajstić information content (AvgIpc) is 3.24. The summed E-state index contributed by atoms with van der Waals surface area (Å²) in [6, 6.07) is 14.7. The molecule has 0 spiro atoms. The van der Waals surface area contributed by atoms with E-state index in [2.05, 4.69) is 5.32 Å². The predicted octanol–water partition coefficient (Wildman–Crippen LogP) is 5.70. The molecule has 1 fully saturated rings. The van der Waals surface area contributed by atoms with Crippen LogP contribution in [0.15, 0.2) is 48.5 Å². The van der Waals surface area contributed by atoms with Crippen molar-refractivity contribution in [3.63, 3.8) is 0 Å². The van der Waals surface area contributed by atoms with Gasteiger partial charge in [-0.15, -0.1) is 11.8 Å². The Morgan fingerprint density at radius 1 is 1.06 bits per heavy atom. The second kappa shape index (κ2) is 11.8. The summed E-state index contributed by atoms with van der Waals surface area (Å²) in [7, 11) is 0. The maximum atomic E-state index is 13.1. The van der Waals surface area contributed by atoms with E-state index >= 15 is 0 Å². The molecule has 1 aliphatic rings. The Morgan fingerprint density at radius 2 is 1.68 bits per heavy atom. The molecule has 2 aromatic rings. The molecule has 1 atom stereocenters. The second-order valence-corrected chi connectivity index (χ2v) is 9.80. The Labute approximate surface area is 198 Å². The minimum Gasteiger partial charge on any atom is -0.352 e. The largest absolute Gasteiger partial charge is 0.352 e. The molecule has 1 unspecified atom stereocenters. The number of hydrogen-bond donors (Lipinski definition) is 1. The van der Waals surface area contributed by atoms with Crippen molar-refractivity contribution in [1.82, 2.24) is 10.2 Å². The molecule has 2 aromatic carbocycles. The lowest BCUT2D eigenvalue weighted by atomic mass is 10.1. The Morgan fingerprint density at radius 3 is 2.32 bits per heavy atom. The van der Waals surface area contributed by atoms with Crippen LogP contribution in [0.5, 0.6) is 0 Å². The molecule has 0 aliphatic heterocycles. The van der Waals surface area contributed by atoms with E-state index in [1.165, 1.54) is 11.8 Å². The maximum absolute atomic E-state index is 13.1. The fourth-order valence-corrected chi connectivity index (χ4v) is 5.06. The van der Waals surface area contributed by atoms with Crippen LogP contribution in [0.1, 0.15) is 43.7 Å². The molecule has 0 heterocycles. The van der Waals surface area contributed by atoms with Crippen LogP contribution in [-0.2, 0) is 21.9 Å². The maximum Gasteiger partial charge on any atom is 0.242 e. The van der Waals surface area contributed by atoms with E-state index in [1.807, 2.05) is 42.5 Å². The number of amides is 2. The van der Waals surface area contributed by atoms with Gasteiger partial charge >= 0.3 is 0 Å². The standard InChI is InChI=1S/C24H28Cl2N2O2S/c1-17(24(30)27-22-10-2-3-11-22)28(14-18-6-4-8-20(25)12-18)23(29)16-31-15-19-7-5-9-21(26)13-19/h4-9,12-13,17,22H,2-3,10-11,14-16H2,1H3,(H,27,30). The van der Waals surface area contributed by atoms with Gasteiger partial charge in [0.25, 0.3) is 0 Å². The molecule has 0 radical (unpaired) electrons. The monoisotopic (exact) mass is 478 g/mol. The molecule has 2 amide bonds. The molecule has 0 bridgehead atoms. The van der Waals surface area contributed by atoms with Gasteiger partial charge in [-0.1, -0.05) is 60.3 Å². The Hall–Kier alpha value is -1.69. The highest BCUT2D eigenvalue weighted by Crippen LogP contribution is 2.21. The Bertz CT molecular complexity index is 903.